The zero-order chi connectivity index (χ0) is 16.6. The van der Waals surface area contributed by atoms with E-state index in [1.165, 1.54) is 5.06 Å². The topological polar surface area (TPSA) is 32.7 Å². The number of para-hydroxylation sites is 1. The molecule has 0 fully saturated rings. The van der Waals surface area contributed by atoms with Crippen molar-refractivity contribution in [3.63, 3.8) is 0 Å². The van der Waals surface area contributed by atoms with Crippen molar-refractivity contribution in [2.24, 2.45) is 0 Å². The van der Waals surface area contributed by atoms with Gasteiger partial charge in [0.2, 0.25) is 5.72 Å². The molecule has 120 valence electrons. The summed E-state index contributed by atoms with van der Waals surface area (Å²) in [6.45, 7) is 1.90. The molecule has 0 radical (unpaired) electrons. The van der Waals surface area contributed by atoms with Crippen LogP contribution in [0.2, 0.25) is 0 Å². The molecule has 3 aromatic carbocycles. The van der Waals surface area contributed by atoms with Crippen LogP contribution in [0, 0.1) is 0 Å². The van der Waals surface area contributed by atoms with E-state index in [0.29, 0.717) is 0 Å². The number of nitrogens with zero attached hydrogens (tertiary/aromatic N) is 1. The van der Waals surface area contributed by atoms with Gasteiger partial charge in [0, 0.05) is 11.1 Å². The van der Waals surface area contributed by atoms with Gasteiger partial charge in [-0.3, -0.25) is 0 Å². The molecular weight excluding hydrogens is 298 g/mol. The van der Waals surface area contributed by atoms with Gasteiger partial charge < -0.3 is 9.94 Å². The molecule has 1 N–H and O–H groups in total. The van der Waals surface area contributed by atoms with Gasteiger partial charge in [-0.15, -0.1) is 5.06 Å². The van der Waals surface area contributed by atoms with Gasteiger partial charge in [0.15, 0.2) is 0 Å². The predicted octanol–water partition coefficient (Wildman–Crippen LogP) is 4.73. The van der Waals surface area contributed by atoms with Crippen molar-refractivity contribution in [1.82, 2.24) is 5.06 Å². The molecule has 2 atom stereocenters. The molecule has 3 heteroatoms. The largest absolute Gasteiger partial charge is 0.466 e. The second kappa shape index (κ2) is 5.78. The second-order valence-electron chi connectivity index (χ2n) is 6.15. The van der Waals surface area contributed by atoms with Crippen molar-refractivity contribution < 1.29 is 9.94 Å². The van der Waals surface area contributed by atoms with Gasteiger partial charge in [0.1, 0.15) is 5.75 Å². The minimum atomic E-state index is -0.962. The molecule has 1 aliphatic rings. The fraction of sp³-hybridized carbons (Fsp3) is 0.143. The standard InChI is InChI=1S/C21H19NO2/c1-21(17-12-6-3-7-13-17)22(23)20(16-10-4-2-5-11-16)18-14-8-9-15-19(18)24-21/h2-15,20,23H,1H3. The maximum atomic E-state index is 11.1. The first kappa shape index (κ1) is 14.9. The van der Waals surface area contributed by atoms with Gasteiger partial charge in [-0.2, -0.15) is 0 Å². The van der Waals surface area contributed by atoms with Gasteiger partial charge in [-0.1, -0.05) is 78.9 Å². The second-order valence-corrected chi connectivity index (χ2v) is 6.15. The summed E-state index contributed by atoms with van der Waals surface area (Å²) in [5, 5.41) is 12.5. The van der Waals surface area contributed by atoms with Crippen molar-refractivity contribution in [3.05, 3.63) is 102 Å². The maximum Gasteiger partial charge on any atom is 0.208 e. The maximum absolute atomic E-state index is 11.1. The molecule has 0 aromatic heterocycles. The summed E-state index contributed by atoms with van der Waals surface area (Å²) in [5.41, 5.74) is 1.93. The molecule has 2 unspecified atom stereocenters. The smallest absolute Gasteiger partial charge is 0.208 e. The molecule has 1 aliphatic heterocycles. The van der Waals surface area contributed by atoms with Crippen LogP contribution in [-0.2, 0) is 5.72 Å². The highest BCUT2D eigenvalue weighted by atomic mass is 16.6. The number of benzene rings is 3. The van der Waals surface area contributed by atoms with Crippen LogP contribution in [0.1, 0.15) is 29.7 Å². The normalized spacial score (nSPS) is 23.3. The monoisotopic (exact) mass is 317 g/mol. The number of rotatable bonds is 2. The lowest BCUT2D eigenvalue weighted by atomic mass is 9.91. The highest BCUT2D eigenvalue weighted by molar-refractivity contribution is 5.44. The van der Waals surface area contributed by atoms with E-state index in [1.54, 1.807) is 0 Å². The summed E-state index contributed by atoms with van der Waals surface area (Å²) < 4.78 is 6.25. The molecule has 0 amide bonds. The van der Waals surface area contributed by atoms with Gasteiger partial charge in [0.05, 0.1) is 6.04 Å². The highest BCUT2D eigenvalue weighted by Gasteiger charge is 2.45. The molecule has 0 bridgehead atoms. The summed E-state index contributed by atoms with van der Waals surface area (Å²) in [4.78, 5) is 0. The molecular formula is C21H19NO2. The Balaban J connectivity index is 1.90. The van der Waals surface area contributed by atoms with Crippen LogP contribution in [-0.4, -0.2) is 10.3 Å². The summed E-state index contributed by atoms with van der Waals surface area (Å²) in [6, 6.07) is 27.4. The van der Waals surface area contributed by atoms with E-state index in [0.717, 1.165) is 22.4 Å². The zero-order valence-corrected chi connectivity index (χ0v) is 13.5. The lowest BCUT2D eigenvalue weighted by molar-refractivity contribution is -0.277. The third-order valence-electron chi connectivity index (χ3n) is 4.63. The predicted molar refractivity (Wildman–Crippen MR) is 92.8 cm³/mol. The molecule has 3 nitrogen and oxygen atoms in total. The fourth-order valence-corrected chi connectivity index (χ4v) is 3.33. The molecule has 0 aliphatic carbocycles. The minimum absolute atomic E-state index is 0.290. The summed E-state index contributed by atoms with van der Waals surface area (Å²) in [5.74, 6) is 0.794. The number of hydrogen-bond donors (Lipinski definition) is 1. The van der Waals surface area contributed by atoms with Gasteiger partial charge in [-0.25, -0.2) is 0 Å². The molecule has 3 aromatic rings. The molecule has 24 heavy (non-hydrogen) atoms. The minimum Gasteiger partial charge on any atom is -0.466 e. The van der Waals surface area contributed by atoms with Gasteiger partial charge in [-0.05, 0) is 18.6 Å². The number of hydroxylamine groups is 2. The quantitative estimate of drug-likeness (QED) is 0.741. The van der Waals surface area contributed by atoms with Crippen LogP contribution in [0.15, 0.2) is 84.9 Å². The van der Waals surface area contributed by atoms with E-state index in [1.807, 2.05) is 91.9 Å². The van der Waals surface area contributed by atoms with Crippen LogP contribution >= 0.6 is 0 Å². The van der Waals surface area contributed by atoms with E-state index < -0.39 is 5.72 Å². The molecule has 4 rings (SSSR count). The van der Waals surface area contributed by atoms with Crippen LogP contribution in [0.25, 0.3) is 0 Å². The van der Waals surface area contributed by atoms with Crippen molar-refractivity contribution in [1.29, 1.82) is 0 Å². The fourth-order valence-electron chi connectivity index (χ4n) is 3.33. The van der Waals surface area contributed by atoms with Crippen molar-refractivity contribution in [2.45, 2.75) is 18.7 Å². The summed E-state index contributed by atoms with van der Waals surface area (Å²) in [7, 11) is 0. The van der Waals surface area contributed by atoms with Crippen molar-refractivity contribution in [3.8, 4) is 5.75 Å². The third-order valence-corrected chi connectivity index (χ3v) is 4.63. The lowest BCUT2D eigenvalue weighted by Gasteiger charge is -2.46. The van der Waals surface area contributed by atoms with Gasteiger partial charge in [0.25, 0.3) is 0 Å². The Morgan fingerprint density at radius 3 is 2.12 bits per heavy atom. The van der Waals surface area contributed by atoms with E-state index in [4.69, 9.17) is 4.74 Å². The van der Waals surface area contributed by atoms with Crippen LogP contribution in [0.4, 0.5) is 0 Å². The Kier molecular flexibility index (Phi) is 3.60. The Morgan fingerprint density at radius 2 is 1.42 bits per heavy atom. The first-order valence-electron chi connectivity index (χ1n) is 8.07. The van der Waals surface area contributed by atoms with Crippen LogP contribution in [0.3, 0.4) is 0 Å². The first-order valence-corrected chi connectivity index (χ1v) is 8.07. The molecule has 0 saturated carbocycles. The number of fused-ring (bicyclic) bond motifs is 1. The summed E-state index contributed by atoms with van der Waals surface area (Å²) in [6.07, 6.45) is 0. The average Bonchev–Trinajstić information content (AvgIpc) is 2.64. The van der Waals surface area contributed by atoms with Crippen molar-refractivity contribution >= 4 is 0 Å². The van der Waals surface area contributed by atoms with E-state index in [9.17, 15) is 5.21 Å². The molecule has 0 spiro atoms. The highest BCUT2D eigenvalue weighted by Crippen LogP contribution is 2.46. The molecule has 1 heterocycles. The third kappa shape index (κ3) is 2.30. The van der Waals surface area contributed by atoms with Crippen LogP contribution < -0.4 is 4.74 Å². The Morgan fingerprint density at radius 1 is 0.833 bits per heavy atom. The first-order chi connectivity index (χ1) is 11.7. The number of ether oxygens (including phenoxy) is 1. The van der Waals surface area contributed by atoms with Gasteiger partial charge >= 0.3 is 0 Å². The lowest BCUT2D eigenvalue weighted by Crippen LogP contribution is -2.51. The number of hydrogen-bond acceptors (Lipinski definition) is 3. The Labute approximate surface area is 141 Å². The summed E-state index contributed by atoms with van der Waals surface area (Å²) >= 11 is 0. The van der Waals surface area contributed by atoms with E-state index in [2.05, 4.69) is 0 Å². The van der Waals surface area contributed by atoms with Crippen molar-refractivity contribution in [2.75, 3.05) is 0 Å². The van der Waals surface area contributed by atoms with Crippen LogP contribution in [0.5, 0.6) is 5.75 Å². The zero-order valence-electron chi connectivity index (χ0n) is 13.5. The van der Waals surface area contributed by atoms with E-state index in [-0.39, 0.29) is 6.04 Å². The Bertz CT molecular complexity index is 835. The molecule has 0 saturated heterocycles. The SMILES string of the molecule is CC1(c2ccccc2)Oc2ccccc2C(c2ccccc2)N1O. The Hall–Kier alpha value is -2.62. The van der Waals surface area contributed by atoms with E-state index >= 15 is 0 Å². The average molecular weight is 317 g/mol.